The van der Waals surface area contributed by atoms with E-state index >= 15 is 0 Å². The van der Waals surface area contributed by atoms with E-state index in [1.165, 1.54) is 0 Å². The number of hydrogen-bond donors (Lipinski definition) is 3. The average Bonchev–Trinajstić information content (AvgIpc) is 1.85. The first-order chi connectivity index (χ1) is 5.37. The molecule has 1 unspecified atom stereocenters. The van der Waals surface area contributed by atoms with Gasteiger partial charge in [-0.2, -0.15) is 13.1 Å². The van der Waals surface area contributed by atoms with Crippen LogP contribution in [0.25, 0.3) is 0 Å². The van der Waals surface area contributed by atoms with Gasteiger partial charge in [-0.1, -0.05) is 0 Å². The minimum Gasteiger partial charge on any atom is -0.479 e. The number of aliphatic carboxylic acids is 1. The third-order valence-corrected chi connectivity index (χ3v) is 1.60. The monoisotopic (exact) mass is 198 g/mol. The molecule has 0 saturated carbocycles. The summed E-state index contributed by atoms with van der Waals surface area (Å²) in [4.78, 5) is 10.2. The number of ether oxygens (including phenoxy) is 1. The van der Waals surface area contributed by atoms with Crippen molar-refractivity contribution in [1.82, 2.24) is 4.72 Å². The van der Waals surface area contributed by atoms with Crippen molar-refractivity contribution in [1.29, 1.82) is 0 Å². The SMILES string of the molecule is COC(CNS(N)(=O)=O)C(=O)O. The summed E-state index contributed by atoms with van der Waals surface area (Å²) in [6, 6.07) is 0. The topological polar surface area (TPSA) is 119 Å². The molecule has 0 heterocycles. The number of nitrogens with one attached hydrogen (secondary N) is 1. The first-order valence-electron chi connectivity index (χ1n) is 2.90. The highest BCUT2D eigenvalue weighted by Gasteiger charge is 2.17. The van der Waals surface area contributed by atoms with Gasteiger partial charge in [-0.05, 0) is 0 Å². The quantitative estimate of drug-likeness (QED) is 0.466. The lowest BCUT2D eigenvalue weighted by Crippen LogP contribution is -2.40. The molecule has 0 saturated heterocycles. The van der Waals surface area contributed by atoms with Crippen LogP contribution >= 0.6 is 0 Å². The van der Waals surface area contributed by atoms with Crippen molar-refractivity contribution in [3.05, 3.63) is 0 Å². The number of nitrogens with two attached hydrogens (primary N) is 1. The van der Waals surface area contributed by atoms with Crippen LogP contribution in [0.4, 0.5) is 0 Å². The van der Waals surface area contributed by atoms with E-state index in [0.29, 0.717) is 0 Å². The largest absolute Gasteiger partial charge is 0.479 e. The molecule has 4 N–H and O–H groups in total. The summed E-state index contributed by atoms with van der Waals surface area (Å²) in [7, 11) is -2.70. The van der Waals surface area contributed by atoms with E-state index in [1.54, 1.807) is 4.72 Å². The molecule has 0 rings (SSSR count). The Labute approximate surface area is 69.7 Å². The Kier molecular flexibility index (Phi) is 4.10. The van der Waals surface area contributed by atoms with Gasteiger partial charge in [0.1, 0.15) is 0 Å². The molecular weight excluding hydrogens is 188 g/mol. The maximum atomic E-state index is 10.3. The third kappa shape index (κ3) is 5.02. The van der Waals surface area contributed by atoms with Crippen LogP contribution in [0.2, 0.25) is 0 Å². The molecule has 0 aromatic carbocycles. The number of carboxylic acids is 1. The van der Waals surface area contributed by atoms with E-state index in [4.69, 9.17) is 5.11 Å². The van der Waals surface area contributed by atoms with Crippen molar-refractivity contribution < 1.29 is 23.1 Å². The van der Waals surface area contributed by atoms with Crippen LogP contribution in [0.3, 0.4) is 0 Å². The standard InChI is InChI=1S/C4H10N2O5S/c1-11-3(4(7)8)2-6-12(5,9)10/h3,6H,2H2,1H3,(H,7,8)(H2,5,9,10). The fourth-order valence-corrected chi connectivity index (χ4v) is 0.847. The van der Waals surface area contributed by atoms with E-state index < -0.39 is 22.3 Å². The molecular formula is C4H10N2O5S. The van der Waals surface area contributed by atoms with Crippen LogP contribution in [-0.2, 0) is 19.7 Å². The van der Waals surface area contributed by atoms with Gasteiger partial charge in [0, 0.05) is 13.7 Å². The lowest BCUT2D eigenvalue weighted by atomic mass is 10.4. The molecule has 0 radical (unpaired) electrons. The minimum atomic E-state index is -3.86. The van der Waals surface area contributed by atoms with Crippen molar-refractivity contribution >= 4 is 16.2 Å². The van der Waals surface area contributed by atoms with Crippen molar-refractivity contribution in [3.8, 4) is 0 Å². The Morgan fingerprint density at radius 1 is 1.75 bits per heavy atom. The summed E-state index contributed by atoms with van der Waals surface area (Å²) < 4.78 is 26.8. The van der Waals surface area contributed by atoms with Gasteiger partial charge in [-0.25, -0.2) is 9.93 Å². The second kappa shape index (κ2) is 4.36. The van der Waals surface area contributed by atoms with E-state index in [9.17, 15) is 13.2 Å². The molecule has 0 fully saturated rings. The van der Waals surface area contributed by atoms with Gasteiger partial charge < -0.3 is 9.84 Å². The van der Waals surface area contributed by atoms with Crippen LogP contribution in [0.5, 0.6) is 0 Å². The average molecular weight is 198 g/mol. The zero-order valence-corrected chi connectivity index (χ0v) is 7.17. The Morgan fingerprint density at radius 2 is 2.25 bits per heavy atom. The Bertz CT molecular complexity index is 248. The highest BCUT2D eigenvalue weighted by atomic mass is 32.2. The van der Waals surface area contributed by atoms with Gasteiger partial charge in [-0.3, -0.25) is 0 Å². The molecule has 0 aliphatic heterocycles. The number of hydrogen-bond acceptors (Lipinski definition) is 4. The highest BCUT2D eigenvalue weighted by molar-refractivity contribution is 7.87. The van der Waals surface area contributed by atoms with Gasteiger partial charge in [0.25, 0.3) is 10.2 Å². The second-order valence-corrected chi connectivity index (χ2v) is 3.33. The molecule has 0 aromatic rings. The van der Waals surface area contributed by atoms with Gasteiger partial charge >= 0.3 is 5.97 Å². The fourth-order valence-electron chi connectivity index (χ4n) is 0.463. The predicted octanol–water partition coefficient (Wildman–Crippen LogP) is -2.12. The molecule has 0 aliphatic rings. The highest BCUT2D eigenvalue weighted by Crippen LogP contribution is 1.87. The van der Waals surface area contributed by atoms with Crippen molar-refractivity contribution in [2.24, 2.45) is 5.14 Å². The second-order valence-electron chi connectivity index (χ2n) is 1.96. The third-order valence-electron chi connectivity index (χ3n) is 1.03. The van der Waals surface area contributed by atoms with Crippen molar-refractivity contribution in [2.75, 3.05) is 13.7 Å². The first kappa shape index (κ1) is 11.3. The summed E-state index contributed by atoms with van der Waals surface area (Å²) in [5.74, 6) is -1.26. The molecule has 12 heavy (non-hydrogen) atoms. The molecule has 72 valence electrons. The van der Waals surface area contributed by atoms with Gasteiger partial charge in [0.2, 0.25) is 0 Å². The predicted molar refractivity (Wildman–Crippen MR) is 39.5 cm³/mol. The normalized spacial score (nSPS) is 14.2. The molecule has 0 amide bonds. The van der Waals surface area contributed by atoms with Gasteiger partial charge in [-0.15, -0.1) is 0 Å². The van der Waals surface area contributed by atoms with Crippen LogP contribution in [-0.4, -0.2) is 39.3 Å². The maximum Gasteiger partial charge on any atom is 0.334 e. The zero-order valence-electron chi connectivity index (χ0n) is 6.35. The number of carbonyl (C=O) groups is 1. The van der Waals surface area contributed by atoms with Crippen LogP contribution in [0.15, 0.2) is 0 Å². The maximum absolute atomic E-state index is 10.3. The number of methoxy groups -OCH3 is 1. The summed E-state index contributed by atoms with van der Waals surface area (Å²) in [5, 5.41) is 12.9. The van der Waals surface area contributed by atoms with Crippen LogP contribution < -0.4 is 9.86 Å². The van der Waals surface area contributed by atoms with Crippen molar-refractivity contribution in [3.63, 3.8) is 0 Å². The van der Waals surface area contributed by atoms with E-state index in [0.717, 1.165) is 7.11 Å². The van der Waals surface area contributed by atoms with E-state index in [1.807, 2.05) is 0 Å². The molecule has 0 aliphatic carbocycles. The van der Waals surface area contributed by atoms with E-state index in [-0.39, 0.29) is 6.54 Å². The van der Waals surface area contributed by atoms with E-state index in [2.05, 4.69) is 9.88 Å². The minimum absolute atomic E-state index is 0.384. The summed E-state index contributed by atoms with van der Waals surface area (Å²) in [6.45, 7) is -0.384. The molecule has 0 aromatic heterocycles. The smallest absolute Gasteiger partial charge is 0.334 e. The number of rotatable bonds is 5. The van der Waals surface area contributed by atoms with Crippen LogP contribution in [0.1, 0.15) is 0 Å². The van der Waals surface area contributed by atoms with Crippen molar-refractivity contribution in [2.45, 2.75) is 6.10 Å². The van der Waals surface area contributed by atoms with Crippen LogP contribution in [0, 0.1) is 0 Å². The molecule has 1 atom stereocenters. The fraction of sp³-hybridized carbons (Fsp3) is 0.750. The first-order valence-corrected chi connectivity index (χ1v) is 4.44. The molecule has 0 spiro atoms. The molecule has 7 nitrogen and oxygen atoms in total. The van der Waals surface area contributed by atoms with Gasteiger partial charge in [0.05, 0.1) is 0 Å². The Hall–Kier alpha value is -0.700. The summed E-state index contributed by atoms with van der Waals surface area (Å²) in [5.41, 5.74) is 0. The zero-order chi connectivity index (χ0) is 9.78. The molecule has 8 heteroatoms. The Morgan fingerprint density at radius 3 is 2.50 bits per heavy atom. The summed E-state index contributed by atoms with van der Waals surface area (Å²) in [6.07, 6.45) is -1.22. The Balaban J connectivity index is 3.98. The lowest BCUT2D eigenvalue weighted by molar-refractivity contribution is -0.147. The summed E-state index contributed by atoms with van der Waals surface area (Å²) >= 11 is 0. The molecule has 0 bridgehead atoms. The lowest BCUT2D eigenvalue weighted by Gasteiger charge is -2.09. The number of carboxylic acid groups (broad SMARTS) is 1. The van der Waals surface area contributed by atoms with Gasteiger partial charge in [0.15, 0.2) is 6.10 Å².